The number of non-ortho nitro benzene ring substituents is 1. The van der Waals surface area contributed by atoms with Gasteiger partial charge in [0.1, 0.15) is 18.8 Å². The highest BCUT2D eigenvalue weighted by atomic mass is 16.7. The Morgan fingerprint density at radius 1 is 0.733 bits per heavy atom. The van der Waals surface area contributed by atoms with Crippen molar-refractivity contribution >= 4 is 23.6 Å². The highest BCUT2D eigenvalue weighted by molar-refractivity contribution is 5.91. The second kappa shape index (κ2) is 20.8. The lowest BCUT2D eigenvalue weighted by atomic mass is 10.0. The van der Waals surface area contributed by atoms with Crippen LogP contribution in [-0.2, 0) is 23.7 Å². The number of hydrogen-bond acceptors (Lipinski definition) is 12. The molecule has 0 unspecified atom stereocenters. The largest absolute Gasteiger partial charge is 0.459 e. The zero-order valence-corrected chi connectivity index (χ0v) is 32.9. The number of hydrogen-bond donors (Lipinski definition) is 1. The maximum absolute atomic E-state index is 13.8. The zero-order valence-electron chi connectivity index (χ0n) is 32.9. The number of unbranched alkanes of at least 4 members (excludes halogenated alkanes) is 5. The molecule has 0 radical (unpaired) electrons. The molecule has 60 heavy (non-hydrogen) atoms. The summed E-state index contributed by atoms with van der Waals surface area (Å²) in [6.45, 7) is 1.84. The summed E-state index contributed by atoms with van der Waals surface area (Å²) < 4.78 is 31.3. The Kier molecular flexibility index (Phi) is 14.9. The lowest BCUT2D eigenvalue weighted by molar-refractivity contribution is -0.384. The molecular weight excluding hydrogens is 775 g/mol. The van der Waals surface area contributed by atoms with Gasteiger partial charge in [-0.3, -0.25) is 24.5 Å². The predicted molar refractivity (Wildman–Crippen MR) is 218 cm³/mol. The molecule has 5 aromatic rings. The van der Waals surface area contributed by atoms with Crippen LogP contribution in [0.4, 0.5) is 5.69 Å². The summed E-state index contributed by atoms with van der Waals surface area (Å²) in [4.78, 5) is 81.2. The number of nitrogens with one attached hydrogen (secondary N) is 1. The van der Waals surface area contributed by atoms with Gasteiger partial charge in [-0.1, -0.05) is 93.6 Å². The van der Waals surface area contributed by atoms with Crippen LogP contribution in [0.3, 0.4) is 0 Å². The first kappa shape index (κ1) is 42.9. The molecular formula is C45H45N3O12. The summed E-state index contributed by atoms with van der Waals surface area (Å²) in [6.07, 6.45) is -0.0106. The SMILES string of the molecule is CCCCCCCCO[C@H](c1ccc([N+](=O)[O-])cc1)c1cn([C@@H]2O[C@H](COC(=O)c3ccccc3)[C@@H](OC(=O)c3ccccc3)[C@H]2OC(=O)c2ccccc2)c(=O)[nH]c1=O. The summed E-state index contributed by atoms with van der Waals surface area (Å²) in [6, 6.07) is 29.6. The highest BCUT2D eigenvalue weighted by Crippen LogP contribution is 2.36. The van der Waals surface area contributed by atoms with Crippen LogP contribution in [0, 0.1) is 10.1 Å². The standard InChI is InChI=1S/C45H45N3O12/c1-2-3-4-5-6-16-27-56-37(30-23-25-34(26-24-30)48(54)55)35-28-47(45(53)46-40(35)49)41-39(60-44(52)33-21-14-9-15-22-33)38(59-43(51)32-19-12-8-13-20-32)36(58-41)29-57-42(50)31-17-10-7-11-18-31/h7-15,17-26,28,36-39,41H,2-6,16,27,29H2,1H3,(H,46,49,53)/t36-,37-,38-,39-,41-/m1/s1. The minimum Gasteiger partial charge on any atom is -0.459 e. The number of esters is 3. The van der Waals surface area contributed by atoms with Gasteiger partial charge >= 0.3 is 23.6 Å². The molecule has 1 N–H and O–H groups in total. The van der Waals surface area contributed by atoms with Gasteiger partial charge in [0.15, 0.2) is 18.4 Å². The monoisotopic (exact) mass is 819 g/mol. The van der Waals surface area contributed by atoms with Gasteiger partial charge in [0.2, 0.25) is 0 Å². The fourth-order valence-electron chi connectivity index (χ4n) is 6.78. The van der Waals surface area contributed by atoms with E-state index in [-0.39, 0.29) is 34.5 Å². The molecule has 15 nitrogen and oxygen atoms in total. The lowest BCUT2D eigenvalue weighted by Crippen LogP contribution is -2.43. The van der Waals surface area contributed by atoms with Crippen LogP contribution in [0.5, 0.6) is 0 Å². The van der Waals surface area contributed by atoms with Gasteiger partial charge in [0.05, 0.1) is 27.2 Å². The van der Waals surface area contributed by atoms with Crippen molar-refractivity contribution < 1.29 is 43.0 Å². The second-order valence-corrected chi connectivity index (χ2v) is 14.1. The first-order valence-corrected chi connectivity index (χ1v) is 19.8. The highest BCUT2D eigenvalue weighted by Gasteiger charge is 2.52. The number of ether oxygens (including phenoxy) is 5. The van der Waals surface area contributed by atoms with Crippen LogP contribution >= 0.6 is 0 Å². The maximum Gasteiger partial charge on any atom is 0.338 e. The summed E-state index contributed by atoms with van der Waals surface area (Å²) in [7, 11) is 0. The molecule has 4 aromatic carbocycles. The zero-order chi connectivity index (χ0) is 42.4. The summed E-state index contributed by atoms with van der Waals surface area (Å²) >= 11 is 0. The Balaban J connectivity index is 1.40. The van der Waals surface area contributed by atoms with E-state index < -0.39 is 71.3 Å². The molecule has 312 valence electrons. The topological polar surface area (TPSA) is 195 Å². The van der Waals surface area contributed by atoms with Crippen LogP contribution in [0.2, 0.25) is 0 Å². The normalized spacial score (nSPS) is 17.7. The molecule has 1 aromatic heterocycles. The molecule has 1 fully saturated rings. The molecule has 6 rings (SSSR count). The average Bonchev–Trinajstić information content (AvgIpc) is 3.60. The molecule has 0 bridgehead atoms. The molecule has 0 saturated carbocycles. The van der Waals surface area contributed by atoms with Gasteiger partial charge < -0.3 is 23.7 Å². The van der Waals surface area contributed by atoms with E-state index in [1.165, 1.54) is 54.7 Å². The number of rotatable bonds is 19. The number of nitrogens with zero attached hydrogens (tertiary/aromatic N) is 2. The average molecular weight is 820 g/mol. The fourth-order valence-corrected chi connectivity index (χ4v) is 6.78. The van der Waals surface area contributed by atoms with Crippen molar-refractivity contribution in [2.75, 3.05) is 13.2 Å². The molecule has 0 aliphatic carbocycles. The molecule has 1 aliphatic heterocycles. The first-order chi connectivity index (χ1) is 29.1. The third-order valence-corrected chi connectivity index (χ3v) is 9.92. The van der Waals surface area contributed by atoms with Crippen molar-refractivity contribution in [1.82, 2.24) is 9.55 Å². The first-order valence-electron chi connectivity index (χ1n) is 19.8. The van der Waals surface area contributed by atoms with E-state index in [0.29, 0.717) is 12.0 Å². The Hall–Kier alpha value is -6.71. The Morgan fingerprint density at radius 2 is 1.27 bits per heavy atom. The van der Waals surface area contributed by atoms with Gasteiger partial charge in [-0.05, 0) is 60.5 Å². The third kappa shape index (κ3) is 10.9. The molecule has 5 atom stereocenters. The number of nitro benzene ring substituents is 1. The Labute approximate surface area is 345 Å². The smallest absolute Gasteiger partial charge is 0.338 e. The molecule has 15 heteroatoms. The molecule has 1 aliphatic rings. The summed E-state index contributed by atoms with van der Waals surface area (Å²) in [5.74, 6) is -2.38. The number of aromatic amines is 1. The van der Waals surface area contributed by atoms with Crippen LogP contribution in [0.15, 0.2) is 131 Å². The van der Waals surface area contributed by atoms with Crippen molar-refractivity contribution in [3.05, 3.63) is 180 Å². The fraction of sp³-hybridized carbons (Fsp3) is 0.311. The van der Waals surface area contributed by atoms with Crippen LogP contribution in [0.25, 0.3) is 0 Å². The van der Waals surface area contributed by atoms with Crippen molar-refractivity contribution in [2.45, 2.75) is 76.1 Å². The molecule has 2 heterocycles. The van der Waals surface area contributed by atoms with E-state index in [4.69, 9.17) is 23.7 Å². The lowest BCUT2D eigenvalue weighted by Gasteiger charge is -2.26. The molecule has 1 saturated heterocycles. The number of carbonyl (C=O) groups is 3. The summed E-state index contributed by atoms with van der Waals surface area (Å²) in [5, 5.41) is 11.5. The van der Waals surface area contributed by atoms with Crippen molar-refractivity contribution in [3.63, 3.8) is 0 Å². The van der Waals surface area contributed by atoms with E-state index in [1.807, 2.05) is 0 Å². The summed E-state index contributed by atoms with van der Waals surface area (Å²) in [5.41, 5.74) is -1.10. The van der Waals surface area contributed by atoms with E-state index in [0.717, 1.165) is 36.7 Å². The van der Waals surface area contributed by atoms with Crippen molar-refractivity contribution in [2.24, 2.45) is 0 Å². The van der Waals surface area contributed by atoms with E-state index in [1.54, 1.807) is 66.7 Å². The van der Waals surface area contributed by atoms with Gasteiger partial charge in [-0.2, -0.15) is 0 Å². The third-order valence-electron chi connectivity index (χ3n) is 9.92. The predicted octanol–water partition coefficient (Wildman–Crippen LogP) is 7.12. The molecule has 0 spiro atoms. The quantitative estimate of drug-likeness (QED) is 0.0292. The number of aromatic nitrogens is 2. The van der Waals surface area contributed by atoms with Gasteiger partial charge in [0.25, 0.3) is 11.2 Å². The van der Waals surface area contributed by atoms with Gasteiger partial charge in [-0.15, -0.1) is 0 Å². The Bertz CT molecular complexity index is 2330. The van der Waals surface area contributed by atoms with Gasteiger partial charge in [0, 0.05) is 24.9 Å². The Morgan fingerprint density at radius 3 is 1.83 bits per heavy atom. The van der Waals surface area contributed by atoms with E-state index in [2.05, 4.69) is 11.9 Å². The number of benzene rings is 4. The minimum atomic E-state index is -1.56. The van der Waals surface area contributed by atoms with E-state index >= 15 is 0 Å². The van der Waals surface area contributed by atoms with E-state index in [9.17, 15) is 34.1 Å². The van der Waals surface area contributed by atoms with Gasteiger partial charge in [-0.25, -0.2) is 19.2 Å². The number of nitro groups is 1. The minimum absolute atomic E-state index is 0.0667. The van der Waals surface area contributed by atoms with Crippen LogP contribution in [0.1, 0.15) is 100.0 Å². The van der Waals surface area contributed by atoms with Crippen LogP contribution in [-0.4, -0.2) is 63.9 Å². The maximum atomic E-state index is 13.8. The van der Waals surface area contributed by atoms with Crippen LogP contribution < -0.4 is 11.2 Å². The number of carbonyl (C=O) groups excluding carboxylic acids is 3. The number of H-pyrrole nitrogens is 1. The molecule has 0 amide bonds. The second-order valence-electron chi connectivity index (χ2n) is 14.1. The van der Waals surface area contributed by atoms with Crippen molar-refractivity contribution in [3.8, 4) is 0 Å². The van der Waals surface area contributed by atoms with Crippen molar-refractivity contribution in [1.29, 1.82) is 0 Å².